The molecule has 0 radical (unpaired) electrons. The largest absolute Gasteiger partial charge is 0.497 e. The second kappa shape index (κ2) is 9.40. The topological polar surface area (TPSA) is 80.8 Å². The molecule has 0 spiro atoms. The zero-order valence-corrected chi connectivity index (χ0v) is 17.1. The smallest absolute Gasteiger partial charge is 0.262 e. The molecule has 0 saturated heterocycles. The number of methoxy groups -OCH3 is 1. The van der Waals surface area contributed by atoms with Crippen molar-refractivity contribution >= 4 is 27.1 Å². The highest BCUT2D eigenvalue weighted by atomic mass is 32.2. The van der Waals surface area contributed by atoms with Crippen LogP contribution in [0.5, 0.6) is 5.75 Å². The van der Waals surface area contributed by atoms with Crippen LogP contribution in [-0.2, 0) is 14.9 Å². The SMILES string of the molecule is CCCON(c1ccc(OC)cc1)c1cccc(S(=O)(=O)Nc2cccnc2)c1. The molecule has 0 atom stereocenters. The Bertz CT molecular complexity index is 1030. The molecule has 1 aromatic heterocycles. The number of sulfonamides is 1. The molecule has 152 valence electrons. The van der Waals surface area contributed by atoms with Crippen molar-refractivity contribution in [3.8, 4) is 5.75 Å². The maximum Gasteiger partial charge on any atom is 0.262 e. The summed E-state index contributed by atoms with van der Waals surface area (Å²) < 4.78 is 33.3. The minimum absolute atomic E-state index is 0.123. The Morgan fingerprint density at radius 1 is 1.03 bits per heavy atom. The molecular weight excluding hydrogens is 390 g/mol. The minimum Gasteiger partial charge on any atom is -0.497 e. The van der Waals surface area contributed by atoms with Crippen LogP contribution in [-0.4, -0.2) is 27.1 Å². The van der Waals surface area contributed by atoms with Crippen molar-refractivity contribution in [1.82, 2.24) is 4.98 Å². The van der Waals surface area contributed by atoms with Crippen LogP contribution in [0, 0.1) is 0 Å². The van der Waals surface area contributed by atoms with Crippen LogP contribution in [0.3, 0.4) is 0 Å². The van der Waals surface area contributed by atoms with Crippen LogP contribution < -0.4 is 14.5 Å². The summed E-state index contributed by atoms with van der Waals surface area (Å²) in [7, 11) is -2.17. The van der Waals surface area contributed by atoms with Gasteiger partial charge < -0.3 is 4.74 Å². The molecule has 7 nitrogen and oxygen atoms in total. The van der Waals surface area contributed by atoms with Gasteiger partial charge in [-0.15, -0.1) is 0 Å². The zero-order chi connectivity index (χ0) is 20.7. The van der Waals surface area contributed by atoms with E-state index < -0.39 is 10.0 Å². The lowest BCUT2D eigenvalue weighted by molar-refractivity contribution is 0.136. The lowest BCUT2D eigenvalue weighted by atomic mass is 10.2. The molecule has 29 heavy (non-hydrogen) atoms. The van der Waals surface area contributed by atoms with Crippen molar-refractivity contribution in [2.45, 2.75) is 18.2 Å². The van der Waals surface area contributed by atoms with Gasteiger partial charge in [0.15, 0.2) is 0 Å². The number of benzene rings is 2. The van der Waals surface area contributed by atoms with E-state index >= 15 is 0 Å². The molecule has 0 fully saturated rings. The predicted molar refractivity (Wildman–Crippen MR) is 113 cm³/mol. The van der Waals surface area contributed by atoms with E-state index in [1.165, 1.54) is 12.3 Å². The van der Waals surface area contributed by atoms with Gasteiger partial charge in [0.1, 0.15) is 5.75 Å². The second-order valence-electron chi connectivity index (χ2n) is 6.17. The van der Waals surface area contributed by atoms with Crippen LogP contribution in [0.15, 0.2) is 78.0 Å². The van der Waals surface area contributed by atoms with Gasteiger partial charge in [0.05, 0.1) is 41.9 Å². The Morgan fingerprint density at radius 3 is 2.48 bits per heavy atom. The molecule has 0 bridgehead atoms. The summed E-state index contributed by atoms with van der Waals surface area (Å²) in [6, 6.07) is 17.2. The molecule has 0 amide bonds. The molecule has 0 saturated carbocycles. The highest BCUT2D eigenvalue weighted by molar-refractivity contribution is 7.92. The van der Waals surface area contributed by atoms with Gasteiger partial charge in [-0.3, -0.25) is 14.5 Å². The third kappa shape index (κ3) is 5.24. The number of hydrogen-bond acceptors (Lipinski definition) is 6. The van der Waals surface area contributed by atoms with Crippen LogP contribution >= 0.6 is 0 Å². The van der Waals surface area contributed by atoms with Crippen molar-refractivity contribution in [3.05, 3.63) is 73.1 Å². The molecule has 1 heterocycles. The fourth-order valence-corrected chi connectivity index (χ4v) is 3.70. The average Bonchev–Trinajstić information content (AvgIpc) is 2.75. The number of nitrogens with one attached hydrogen (secondary N) is 1. The van der Waals surface area contributed by atoms with Gasteiger partial charge >= 0.3 is 0 Å². The predicted octanol–water partition coefficient (Wildman–Crippen LogP) is 4.37. The van der Waals surface area contributed by atoms with E-state index in [0.29, 0.717) is 18.0 Å². The Kier molecular flexibility index (Phi) is 6.69. The van der Waals surface area contributed by atoms with Gasteiger partial charge in [0.25, 0.3) is 10.0 Å². The molecule has 3 rings (SSSR count). The molecule has 0 aliphatic rings. The third-order valence-corrected chi connectivity index (χ3v) is 5.39. The molecule has 1 N–H and O–H groups in total. The standard InChI is InChI=1S/C21H23N3O4S/c1-3-14-28-24(18-9-11-20(27-2)12-10-18)19-7-4-8-21(15-19)29(25,26)23-17-6-5-13-22-16-17/h4-13,15-16,23H,3,14H2,1-2H3. The van der Waals surface area contributed by atoms with Gasteiger partial charge in [-0.2, -0.15) is 0 Å². The van der Waals surface area contributed by atoms with Gasteiger partial charge in [0, 0.05) is 6.20 Å². The van der Waals surface area contributed by atoms with E-state index in [0.717, 1.165) is 17.9 Å². The summed E-state index contributed by atoms with van der Waals surface area (Å²) in [5.74, 6) is 0.723. The number of ether oxygens (including phenoxy) is 1. The zero-order valence-electron chi connectivity index (χ0n) is 16.3. The number of rotatable bonds is 9. The van der Waals surface area contributed by atoms with Gasteiger partial charge in [-0.25, -0.2) is 13.5 Å². The molecular formula is C21H23N3O4S. The number of nitrogens with zero attached hydrogens (tertiary/aromatic N) is 2. The summed E-state index contributed by atoms with van der Waals surface area (Å²) in [5.41, 5.74) is 1.75. The number of aromatic nitrogens is 1. The summed E-state index contributed by atoms with van der Waals surface area (Å²) in [6.07, 6.45) is 3.85. The first kappa shape index (κ1) is 20.6. The maximum atomic E-state index is 12.8. The number of pyridine rings is 1. The van der Waals surface area contributed by atoms with E-state index in [1.54, 1.807) is 48.7 Å². The Labute approximate surface area is 170 Å². The van der Waals surface area contributed by atoms with E-state index in [4.69, 9.17) is 9.57 Å². The highest BCUT2D eigenvalue weighted by Gasteiger charge is 2.18. The first-order chi connectivity index (χ1) is 14.0. The van der Waals surface area contributed by atoms with E-state index in [9.17, 15) is 8.42 Å². The van der Waals surface area contributed by atoms with Crippen molar-refractivity contribution in [2.75, 3.05) is 23.5 Å². The van der Waals surface area contributed by atoms with Crippen molar-refractivity contribution in [1.29, 1.82) is 0 Å². The maximum absolute atomic E-state index is 12.8. The van der Waals surface area contributed by atoms with Gasteiger partial charge in [-0.1, -0.05) is 13.0 Å². The normalized spacial score (nSPS) is 11.1. The van der Waals surface area contributed by atoms with Crippen LogP contribution in [0.25, 0.3) is 0 Å². The van der Waals surface area contributed by atoms with Crippen LogP contribution in [0.4, 0.5) is 17.1 Å². The lowest BCUT2D eigenvalue weighted by Crippen LogP contribution is -2.19. The monoisotopic (exact) mass is 413 g/mol. The number of hydrogen-bond donors (Lipinski definition) is 1. The average molecular weight is 413 g/mol. The van der Waals surface area contributed by atoms with E-state index in [2.05, 4.69) is 9.71 Å². The quantitative estimate of drug-likeness (QED) is 0.525. The number of anilines is 3. The van der Waals surface area contributed by atoms with Crippen LogP contribution in [0.2, 0.25) is 0 Å². The molecule has 3 aromatic rings. The molecule has 2 aromatic carbocycles. The first-order valence-electron chi connectivity index (χ1n) is 9.13. The Morgan fingerprint density at radius 2 is 1.83 bits per heavy atom. The summed E-state index contributed by atoms with van der Waals surface area (Å²) in [5, 5.41) is 1.62. The lowest BCUT2D eigenvalue weighted by Gasteiger charge is -2.24. The highest BCUT2D eigenvalue weighted by Crippen LogP contribution is 2.29. The Balaban J connectivity index is 1.93. The van der Waals surface area contributed by atoms with Crippen molar-refractivity contribution in [2.24, 2.45) is 0 Å². The fourth-order valence-electron chi connectivity index (χ4n) is 2.61. The summed E-state index contributed by atoms with van der Waals surface area (Å²) in [4.78, 5) is 9.94. The van der Waals surface area contributed by atoms with Crippen molar-refractivity contribution < 1.29 is 18.0 Å². The molecule has 8 heteroatoms. The van der Waals surface area contributed by atoms with Gasteiger partial charge in [0.2, 0.25) is 0 Å². The van der Waals surface area contributed by atoms with Crippen molar-refractivity contribution in [3.63, 3.8) is 0 Å². The van der Waals surface area contributed by atoms with E-state index in [1.807, 2.05) is 31.2 Å². The minimum atomic E-state index is -3.77. The molecule has 0 unspecified atom stereocenters. The van der Waals surface area contributed by atoms with Gasteiger partial charge in [-0.05, 0) is 61.0 Å². The van der Waals surface area contributed by atoms with Crippen LogP contribution in [0.1, 0.15) is 13.3 Å². The molecule has 0 aliphatic carbocycles. The first-order valence-corrected chi connectivity index (χ1v) is 10.6. The molecule has 0 aliphatic heterocycles. The van der Waals surface area contributed by atoms with E-state index in [-0.39, 0.29) is 4.90 Å². The second-order valence-corrected chi connectivity index (χ2v) is 7.85. The Hall–Kier alpha value is -3.10. The fraction of sp³-hybridized carbons (Fsp3) is 0.190. The summed E-state index contributed by atoms with van der Waals surface area (Å²) >= 11 is 0. The summed E-state index contributed by atoms with van der Waals surface area (Å²) in [6.45, 7) is 2.49. The third-order valence-electron chi connectivity index (χ3n) is 4.01.